The van der Waals surface area contributed by atoms with Crippen molar-refractivity contribution in [2.75, 3.05) is 13.2 Å². The first-order valence-electron chi connectivity index (χ1n) is 26.5. The molecule has 0 aromatic heterocycles. The molecule has 0 aromatic rings. The Balaban J connectivity index is 2.24. The third kappa shape index (κ3) is 32.1. The van der Waals surface area contributed by atoms with Crippen molar-refractivity contribution in [2.45, 2.75) is 306 Å². The van der Waals surface area contributed by atoms with Crippen LogP contribution in [0.4, 0.5) is 0 Å². The first kappa shape index (κ1) is 59.4. The molecule has 10 nitrogen and oxygen atoms in total. The van der Waals surface area contributed by atoms with Crippen molar-refractivity contribution in [1.29, 1.82) is 0 Å². The van der Waals surface area contributed by atoms with Gasteiger partial charge in [0, 0.05) is 14.5 Å². The van der Waals surface area contributed by atoms with E-state index in [1.54, 1.807) is 0 Å². The van der Waals surface area contributed by atoms with Gasteiger partial charge in [0.25, 0.3) is 0 Å². The van der Waals surface area contributed by atoms with Crippen LogP contribution in [0.15, 0.2) is 0 Å². The van der Waals surface area contributed by atoms with E-state index < -0.39 is 63.6 Å². The molecule has 62 heavy (non-hydrogen) atoms. The van der Waals surface area contributed by atoms with E-state index >= 15 is 0 Å². The maximum Gasteiger partial charge on any atom is 0.220 e. The molecule has 0 bridgehead atoms. The monoisotopic (exact) mass is 902 g/mol. The van der Waals surface area contributed by atoms with Crippen LogP contribution in [-0.4, -0.2) is 107 Å². The summed E-state index contributed by atoms with van der Waals surface area (Å²) in [7, 11) is -0.839. The van der Waals surface area contributed by atoms with Gasteiger partial charge < -0.3 is 45.4 Å². The van der Waals surface area contributed by atoms with E-state index in [0.29, 0.717) is 6.42 Å². The summed E-state index contributed by atoms with van der Waals surface area (Å²) in [5.74, 6) is -0.252. The molecule has 7 N–H and O–H groups in total. The number of amides is 1. The molecular weight excluding hydrogens is 799 g/mol. The second-order valence-corrected chi connectivity index (χ2v) is 26.0. The number of hydrogen-bond acceptors (Lipinski definition) is 9. The van der Waals surface area contributed by atoms with Crippen LogP contribution in [0.25, 0.3) is 0 Å². The highest BCUT2D eigenvalue weighted by molar-refractivity contribution is 6.76. The Morgan fingerprint density at radius 1 is 0.565 bits per heavy atom. The average molecular weight is 902 g/mol. The summed E-state index contributed by atoms with van der Waals surface area (Å²) in [6.07, 6.45) is 32.8. The molecule has 0 saturated carbocycles. The van der Waals surface area contributed by atoms with Crippen LogP contribution in [-0.2, 0) is 14.3 Å². The molecule has 0 unspecified atom stereocenters. The number of unbranched alkanes of at least 4 members (excludes halogenated alkanes) is 31. The number of rotatable bonds is 44. The Morgan fingerprint density at radius 3 is 1.35 bits per heavy atom. The third-order valence-electron chi connectivity index (χ3n) is 13.1. The van der Waals surface area contributed by atoms with Gasteiger partial charge in [-0.05, 0) is 12.8 Å². The Bertz CT molecular complexity index is 1000. The Kier molecular flexibility index (Phi) is 37.9. The minimum Gasteiger partial charge on any atom is -0.394 e. The van der Waals surface area contributed by atoms with Gasteiger partial charge in [-0.25, -0.2) is 0 Å². The van der Waals surface area contributed by atoms with Gasteiger partial charge >= 0.3 is 0 Å². The van der Waals surface area contributed by atoms with Crippen LogP contribution in [0.5, 0.6) is 0 Å². The quantitative estimate of drug-likeness (QED) is 0.0232. The maximum atomic E-state index is 13.0. The van der Waals surface area contributed by atoms with Crippen molar-refractivity contribution in [3.63, 3.8) is 0 Å². The van der Waals surface area contributed by atoms with Gasteiger partial charge in [-0.2, -0.15) is 0 Å². The van der Waals surface area contributed by atoms with Crippen LogP contribution < -0.4 is 5.32 Å². The fraction of sp³-hybridized carbons (Fsp3) is 0.980. The highest BCUT2D eigenvalue weighted by Gasteiger charge is 2.44. The largest absolute Gasteiger partial charge is 0.394 e. The molecule has 1 amide bonds. The first-order chi connectivity index (χ1) is 29.9. The van der Waals surface area contributed by atoms with Gasteiger partial charge in [-0.3, -0.25) is 4.79 Å². The molecule has 1 aliphatic heterocycles. The molecular formula is C51H103NO9Si. The molecule has 0 radical (unpaired) electrons. The SMILES string of the molecule is CCCCCCCCCCCCCC[C@@H](O)[C@@H](O)[C@H](CO[C@H]1O[C@H](CO)[C@H](O)[C@H](O)[C@H]1O)NC(=O)CCCCCCCCCCCCCCCCCCCCCCC[Si](C)(C)C. The Labute approximate surface area is 382 Å². The van der Waals surface area contributed by atoms with Gasteiger partial charge in [0.15, 0.2) is 6.29 Å². The maximum absolute atomic E-state index is 13.0. The topological polar surface area (TPSA) is 169 Å². The molecule has 8 atom stereocenters. The zero-order chi connectivity index (χ0) is 45.7. The lowest BCUT2D eigenvalue weighted by Gasteiger charge is -2.40. The zero-order valence-electron chi connectivity index (χ0n) is 40.9. The Hall–Kier alpha value is -0.633. The third-order valence-corrected chi connectivity index (χ3v) is 15.0. The number of aliphatic hydroxyl groups is 6. The van der Waals surface area contributed by atoms with Crippen LogP contribution in [0.1, 0.15) is 232 Å². The highest BCUT2D eigenvalue weighted by atomic mass is 28.3. The molecule has 1 saturated heterocycles. The van der Waals surface area contributed by atoms with Crippen LogP contribution in [0.2, 0.25) is 25.7 Å². The van der Waals surface area contributed by atoms with Gasteiger partial charge in [0.2, 0.25) is 5.91 Å². The minimum absolute atomic E-state index is 0.252. The number of carbonyl (C=O) groups excluding carboxylic acids is 1. The molecule has 11 heteroatoms. The molecule has 370 valence electrons. The minimum atomic E-state index is -1.60. The molecule has 1 heterocycles. The molecule has 0 aliphatic carbocycles. The molecule has 0 aromatic carbocycles. The lowest BCUT2D eigenvalue weighted by molar-refractivity contribution is -0.303. The number of carbonyl (C=O) groups is 1. The fourth-order valence-corrected chi connectivity index (χ4v) is 10.2. The summed E-state index contributed by atoms with van der Waals surface area (Å²) in [6, 6.07) is 0.507. The highest BCUT2D eigenvalue weighted by Crippen LogP contribution is 2.24. The molecule has 1 aliphatic rings. The predicted molar refractivity (Wildman–Crippen MR) is 259 cm³/mol. The van der Waals surface area contributed by atoms with Crippen molar-refractivity contribution in [3.8, 4) is 0 Å². The number of nitrogens with one attached hydrogen (secondary N) is 1. The lowest BCUT2D eigenvalue weighted by Crippen LogP contribution is -2.60. The summed E-state index contributed by atoms with van der Waals surface area (Å²) >= 11 is 0. The van der Waals surface area contributed by atoms with E-state index in [0.717, 1.165) is 38.5 Å². The summed E-state index contributed by atoms with van der Waals surface area (Å²) in [5, 5.41) is 65.3. The second kappa shape index (κ2) is 39.5. The van der Waals surface area contributed by atoms with E-state index in [1.807, 2.05) is 0 Å². The summed E-state index contributed by atoms with van der Waals surface area (Å²) < 4.78 is 11.2. The number of ether oxygens (including phenoxy) is 2. The van der Waals surface area contributed by atoms with Crippen molar-refractivity contribution in [2.24, 2.45) is 0 Å². The van der Waals surface area contributed by atoms with E-state index in [4.69, 9.17) is 9.47 Å². The van der Waals surface area contributed by atoms with Gasteiger partial charge in [-0.1, -0.05) is 238 Å². The first-order valence-corrected chi connectivity index (χ1v) is 30.2. The summed E-state index contributed by atoms with van der Waals surface area (Å²) in [5.41, 5.74) is 0. The van der Waals surface area contributed by atoms with Crippen molar-refractivity contribution in [3.05, 3.63) is 0 Å². The average Bonchev–Trinajstić information content (AvgIpc) is 3.24. The standard InChI is InChI=1S/C51H103NO9Si/c1-5-6-7-8-9-10-11-23-26-29-32-35-38-44(54)47(56)43(42-60-51-50(59)49(58)48(57)45(41-53)61-51)52-46(55)39-36-33-30-27-24-21-19-17-15-13-12-14-16-18-20-22-25-28-31-34-37-40-62(2,3)4/h43-45,47-51,53-54,56-59H,5-42H2,1-4H3,(H,52,55)/t43-,44+,45+,47-,48-,49-,50+,51-/m0/s1. The number of hydrogen-bond donors (Lipinski definition) is 7. The molecule has 0 spiro atoms. The summed E-state index contributed by atoms with van der Waals surface area (Å²) in [6.45, 7) is 8.80. The van der Waals surface area contributed by atoms with E-state index in [2.05, 4.69) is 31.9 Å². The van der Waals surface area contributed by atoms with E-state index in [1.165, 1.54) is 179 Å². The second-order valence-electron chi connectivity index (χ2n) is 20.4. The van der Waals surface area contributed by atoms with Crippen LogP contribution in [0.3, 0.4) is 0 Å². The van der Waals surface area contributed by atoms with Crippen molar-refractivity contribution >= 4 is 14.0 Å². The predicted octanol–water partition coefficient (Wildman–Crippen LogP) is 11.0. The molecule has 1 rings (SSSR count). The van der Waals surface area contributed by atoms with E-state index in [9.17, 15) is 35.4 Å². The van der Waals surface area contributed by atoms with Gasteiger partial charge in [-0.15, -0.1) is 0 Å². The van der Waals surface area contributed by atoms with Crippen molar-refractivity contribution < 1.29 is 44.9 Å². The van der Waals surface area contributed by atoms with Gasteiger partial charge in [0.05, 0.1) is 25.4 Å². The molecule has 1 fully saturated rings. The Morgan fingerprint density at radius 2 is 0.952 bits per heavy atom. The smallest absolute Gasteiger partial charge is 0.220 e. The van der Waals surface area contributed by atoms with Gasteiger partial charge in [0.1, 0.15) is 30.5 Å². The number of aliphatic hydroxyl groups excluding tert-OH is 6. The van der Waals surface area contributed by atoms with Crippen LogP contribution in [0, 0.1) is 0 Å². The zero-order valence-corrected chi connectivity index (χ0v) is 41.9. The summed E-state index contributed by atoms with van der Waals surface area (Å²) in [4.78, 5) is 13.0. The van der Waals surface area contributed by atoms with Crippen molar-refractivity contribution in [1.82, 2.24) is 5.32 Å². The normalized spacial score (nSPS) is 21.0. The fourth-order valence-electron chi connectivity index (χ4n) is 8.84. The lowest BCUT2D eigenvalue weighted by atomic mass is 9.98. The van der Waals surface area contributed by atoms with E-state index in [-0.39, 0.29) is 18.9 Å². The van der Waals surface area contributed by atoms with Crippen LogP contribution >= 0.6 is 0 Å².